The van der Waals surface area contributed by atoms with Crippen LogP contribution in [-0.4, -0.2) is 5.91 Å². The first-order chi connectivity index (χ1) is 10.7. The molecule has 0 aliphatic heterocycles. The number of hydrogen-bond donors (Lipinski definition) is 2. The minimum absolute atomic E-state index is 0.116. The molecule has 0 spiro atoms. The number of carbonyl (C=O) groups excluding carboxylic acids is 1. The number of rotatable bonds is 4. The Morgan fingerprint density at radius 1 is 0.864 bits per heavy atom. The van der Waals surface area contributed by atoms with E-state index in [0.717, 1.165) is 17.1 Å². The largest absolute Gasteiger partial charge is 0.356 e. The highest BCUT2D eigenvalue weighted by atomic mass is 32.1. The molecule has 3 nitrogen and oxygen atoms in total. The SMILES string of the molecule is O=C(Nc1ccc(Nc2ccc(F)cc2)cc1)c1cccs1. The second-order valence-corrected chi connectivity index (χ2v) is 5.59. The lowest BCUT2D eigenvalue weighted by Gasteiger charge is -2.08. The van der Waals surface area contributed by atoms with E-state index < -0.39 is 0 Å². The molecular weight excluding hydrogens is 299 g/mol. The Kier molecular flexibility index (Phi) is 4.16. The van der Waals surface area contributed by atoms with Crippen LogP contribution in [-0.2, 0) is 0 Å². The third-order valence-electron chi connectivity index (χ3n) is 3.02. The number of carbonyl (C=O) groups is 1. The average molecular weight is 312 g/mol. The Bertz CT molecular complexity index is 752. The smallest absolute Gasteiger partial charge is 0.265 e. The van der Waals surface area contributed by atoms with Crippen molar-refractivity contribution in [2.75, 3.05) is 10.6 Å². The summed E-state index contributed by atoms with van der Waals surface area (Å²) in [5.41, 5.74) is 2.39. The van der Waals surface area contributed by atoms with Crippen LogP contribution in [0.25, 0.3) is 0 Å². The van der Waals surface area contributed by atoms with E-state index in [4.69, 9.17) is 0 Å². The lowest BCUT2D eigenvalue weighted by molar-refractivity contribution is 0.103. The molecule has 5 heteroatoms. The van der Waals surface area contributed by atoms with Crippen LogP contribution in [0.5, 0.6) is 0 Å². The maximum Gasteiger partial charge on any atom is 0.265 e. The number of hydrogen-bond acceptors (Lipinski definition) is 3. The Hall–Kier alpha value is -2.66. The fraction of sp³-hybridized carbons (Fsp3) is 0. The summed E-state index contributed by atoms with van der Waals surface area (Å²) in [5, 5.41) is 7.86. The van der Waals surface area contributed by atoms with Crippen LogP contribution in [0.4, 0.5) is 21.5 Å². The molecule has 2 N–H and O–H groups in total. The Morgan fingerprint density at radius 2 is 1.45 bits per heavy atom. The van der Waals surface area contributed by atoms with Crippen molar-refractivity contribution >= 4 is 34.3 Å². The highest BCUT2D eigenvalue weighted by Crippen LogP contribution is 2.20. The van der Waals surface area contributed by atoms with E-state index in [9.17, 15) is 9.18 Å². The topological polar surface area (TPSA) is 41.1 Å². The van der Waals surface area contributed by atoms with E-state index in [-0.39, 0.29) is 11.7 Å². The van der Waals surface area contributed by atoms with Gasteiger partial charge in [0.05, 0.1) is 4.88 Å². The third kappa shape index (κ3) is 3.51. The zero-order chi connectivity index (χ0) is 15.4. The quantitative estimate of drug-likeness (QED) is 0.720. The molecule has 3 aromatic rings. The van der Waals surface area contributed by atoms with Gasteiger partial charge in [-0.15, -0.1) is 11.3 Å². The molecule has 1 aromatic heterocycles. The Morgan fingerprint density at radius 3 is 2.05 bits per heavy atom. The van der Waals surface area contributed by atoms with Gasteiger partial charge in [-0.3, -0.25) is 4.79 Å². The van der Waals surface area contributed by atoms with Gasteiger partial charge in [-0.1, -0.05) is 6.07 Å². The molecule has 110 valence electrons. The van der Waals surface area contributed by atoms with E-state index in [1.807, 2.05) is 35.7 Å². The zero-order valence-electron chi connectivity index (χ0n) is 11.5. The summed E-state index contributed by atoms with van der Waals surface area (Å²) in [4.78, 5) is 12.6. The minimum Gasteiger partial charge on any atom is -0.356 e. The molecule has 0 radical (unpaired) electrons. The Balaban J connectivity index is 1.65. The monoisotopic (exact) mass is 312 g/mol. The summed E-state index contributed by atoms with van der Waals surface area (Å²) in [5.74, 6) is -0.383. The molecule has 1 heterocycles. The number of benzene rings is 2. The highest BCUT2D eigenvalue weighted by molar-refractivity contribution is 7.12. The number of nitrogens with one attached hydrogen (secondary N) is 2. The van der Waals surface area contributed by atoms with Gasteiger partial charge in [-0.2, -0.15) is 0 Å². The number of thiophene rings is 1. The molecule has 1 amide bonds. The van der Waals surface area contributed by atoms with Crippen molar-refractivity contribution in [2.45, 2.75) is 0 Å². The molecule has 0 fully saturated rings. The van der Waals surface area contributed by atoms with Crippen molar-refractivity contribution in [2.24, 2.45) is 0 Å². The number of amides is 1. The average Bonchev–Trinajstić information content (AvgIpc) is 3.06. The van der Waals surface area contributed by atoms with E-state index >= 15 is 0 Å². The molecule has 0 aliphatic rings. The van der Waals surface area contributed by atoms with Gasteiger partial charge in [0.2, 0.25) is 0 Å². The van der Waals surface area contributed by atoms with Gasteiger partial charge in [-0.05, 0) is 60.0 Å². The molecular formula is C17H13FN2OS. The molecule has 0 atom stereocenters. The van der Waals surface area contributed by atoms with E-state index in [2.05, 4.69) is 10.6 Å². The molecule has 0 saturated carbocycles. The predicted molar refractivity (Wildman–Crippen MR) is 88.4 cm³/mol. The van der Waals surface area contributed by atoms with Crippen LogP contribution in [0.2, 0.25) is 0 Å². The van der Waals surface area contributed by atoms with Crippen LogP contribution >= 0.6 is 11.3 Å². The second-order valence-electron chi connectivity index (χ2n) is 4.64. The summed E-state index contributed by atoms with van der Waals surface area (Å²) in [6, 6.07) is 17.1. The fourth-order valence-corrected chi connectivity index (χ4v) is 2.56. The van der Waals surface area contributed by atoms with Crippen molar-refractivity contribution in [3.8, 4) is 0 Å². The molecule has 2 aromatic carbocycles. The van der Waals surface area contributed by atoms with Gasteiger partial charge < -0.3 is 10.6 Å². The van der Waals surface area contributed by atoms with Crippen molar-refractivity contribution < 1.29 is 9.18 Å². The summed E-state index contributed by atoms with van der Waals surface area (Å²) in [6.07, 6.45) is 0. The van der Waals surface area contributed by atoms with E-state index in [1.54, 1.807) is 18.2 Å². The van der Waals surface area contributed by atoms with Crippen molar-refractivity contribution in [3.05, 3.63) is 76.7 Å². The summed E-state index contributed by atoms with van der Waals surface area (Å²) in [6.45, 7) is 0. The highest BCUT2D eigenvalue weighted by Gasteiger charge is 2.06. The maximum atomic E-state index is 12.8. The minimum atomic E-state index is -0.266. The van der Waals surface area contributed by atoms with E-state index in [1.165, 1.54) is 23.5 Å². The second kappa shape index (κ2) is 6.41. The lowest BCUT2D eigenvalue weighted by atomic mass is 10.2. The van der Waals surface area contributed by atoms with Crippen LogP contribution < -0.4 is 10.6 Å². The fourth-order valence-electron chi connectivity index (χ4n) is 1.94. The normalized spacial score (nSPS) is 10.2. The van der Waals surface area contributed by atoms with Gasteiger partial charge in [0.25, 0.3) is 5.91 Å². The van der Waals surface area contributed by atoms with Gasteiger partial charge in [0, 0.05) is 17.1 Å². The van der Waals surface area contributed by atoms with Gasteiger partial charge >= 0.3 is 0 Å². The molecule has 22 heavy (non-hydrogen) atoms. The van der Waals surface area contributed by atoms with Gasteiger partial charge in [-0.25, -0.2) is 4.39 Å². The third-order valence-corrected chi connectivity index (χ3v) is 3.89. The van der Waals surface area contributed by atoms with E-state index in [0.29, 0.717) is 4.88 Å². The first-order valence-corrected chi connectivity index (χ1v) is 7.56. The summed E-state index contributed by atoms with van der Waals surface area (Å²) >= 11 is 1.40. The summed E-state index contributed by atoms with van der Waals surface area (Å²) in [7, 11) is 0. The van der Waals surface area contributed by atoms with Crippen LogP contribution in [0.1, 0.15) is 9.67 Å². The number of anilines is 3. The summed E-state index contributed by atoms with van der Waals surface area (Å²) < 4.78 is 12.8. The molecule has 0 saturated heterocycles. The zero-order valence-corrected chi connectivity index (χ0v) is 12.4. The number of halogens is 1. The molecule has 0 aliphatic carbocycles. The van der Waals surface area contributed by atoms with Crippen molar-refractivity contribution in [3.63, 3.8) is 0 Å². The molecule has 0 bridgehead atoms. The van der Waals surface area contributed by atoms with Crippen LogP contribution in [0.3, 0.4) is 0 Å². The van der Waals surface area contributed by atoms with Gasteiger partial charge in [0.1, 0.15) is 5.82 Å². The van der Waals surface area contributed by atoms with Crippen LogP contribution in [0.15, 0.2) is 66.0 Å². The first kappa shape index (κ1) is 14.3. The maximum absolute atomic E-state index is 12.8. The lowest BCUT2D eigenvalue weighted by Crippen LogP contribution is -2.09. The van der Waals surface area contributed by atoms with Gasteiger partial charge in [0.15, 0.2) is 0 Å². The van der Waals surface area contributed by atoms with Crippen LogP contribution in [0, 0.1) is 5.82 Å². The van der Waals surface area contributed by atoms with Crippen molar-refractivity contribution in [1.29, 1.82) is 0 Å². The molecule has 3 rings (SSSR count). The molecule has 0 unspecified atom stereocenters. The first-order valence-electron chi connectivity index (χ1n) is 6.68. The standard InChI is InChI=1S/C17H13FN2OS/c18-12-3-5-13(6-4-12)19-14-7-9-15(10-8-14)20-17(21)16-2-1-11-22-16/h1-11,19H,(H,20,21). The predicted octanol–water partition coefficient (Wildman–Crippen LogP) is 4.88. The Labute approximate surface area is 131 Å². The van der Waals surface area contributed by atoms with Crippen molar-refractivity contribution in [1.82, 2.24) is 0 Å².